The Morgan fingerprint density at radius 1 is 0.420 bits per heavy atom. The second-order valence-corrected chi connectivity index (χ2v) is 31.8. The summed E-state index contributed by atoms with van der Waals surface area (Å²) in [6.07, 6.45) is 7.14. The Hall–Kier alpha value is -6.44. The first-order chi connectivity index (χ1) is 46.8. The van der Waals surface area contributed by atoms with Crippen molar-refractivity contribution in [2.45, 2.75) is 291 Å². The minimum absolute atomic E-state index is 0.0230. The molecule has 100 heavy (non-hydrogen) atoms. The fourth-order valence-corrected chi connectivity index (χ4v) is 14.8. The van der Waals surface area contributed by atoms with Gasteiger partial charge in [0.25, 0.3) is 0 Å². The van der Waals surface area contributed by atoms with Crippen LogP contribution < -0.4 is 21.3 Å². The maximum absolute atomic E-state index is 15.6. The lowest BCUT2D eigenvalue weighted by Crippen LogP contribution is -2.62. The number of rotatable bonds is 17. The first-order valence-electron chi connectivity index (χ1n) is 37.5. The number of amides is 12. The molecule has 2 saturated carbocycles. The Bertz CT molecular complexity index is 2740. The van der Waals surface area contributed by atoms with Gasteiger partial charge in [0.1, 0.15) is 60.4 Å². The van der Waals surface area contributed by atoms with Crippen molar-refractivity contribution >= 4 is 70.9 Å². The van der Waals surface area contributed by atoms with Gasteiger partial charge in [0.05, 0.1) is 25.2 Å². The summed E-state index contributed by atoms with van der Waals surface area (Å²) in [7, 11) is 10.1. The van der Waals surface area contributed by atoms with Gasteiger partial charge in [0, 0.05) is 62.4 Å². The van der Waals surface area contributed by atoms with Crippen molar-refractivity contribution in [1.82, 2.24) is 60.5 Å². The molecular formula is C74H130N12O14. The molecule has 4 rings (SSSR count). The topological polar surface area (TPSA) is 319 Å². The number of likely N-dealkylation sites (N-methyl/N-ethyl adjacent to an activating group) is 7. The van der Waals surface area contributed by atoms with Gasteiger partial charge in [-0.05, 0) is 145 Å². The fourth-order valence-electron chi connectivity index (χ4n) is 14.8. The van der Waals surface area contributed by atoms with Crippen molar-refractivity contribution in [2.24, 2.45) is 41.4 Å². The maximum atomic E-state index is 15.6. The highest BCUT2D eigenvalue weighted by atomic mass is 16.3. The number of hydrogen-bond acceptors (Lipinski definition) is 14. The normalized spacial score (nSPS) is 28.7. The molecule has 0 spiro atoms. The van der Waals surface area contributed by atoms with Crippen LogP contribution in [0.5, 0.6) is 0 Å². The third-order valence-electron chi connectivity index (χ3n) is 21.0. The molecule has 11 atom stereocenters. The van der Waals surface area contributed by atoms with E-state index in [1.165, 1.54) is 73.7 Å². The molecule has 0 aromatic carbocycles. The molecule has 12 amide bonds. The lowest BCUT2D eigenvalue weighted by Gasteiger charge is -2.40. The molecule has 2 aliphatic heterocycles. The van der Waals surface area contributed by atoms with Crippen LogP contribution in [0.4, 0.5) is 0 Å². The summed E-state index contributed by atoms with van der Waals surface area (Å²) in [5, 5.41) is 33.4. The first kappa shape index (κ1) is 86.0. The summed E-state index contributed by atoms with van der Waals surface area (Å²) in [6.45, 7) is 21.8. The highest BCUT2D eigenvalue weighted by molar-refractivity contribution is 6.00. The summed E-state index contributed by atoms with van der Waals surface area (Å²) in [5.74, 6) is -9.02. The van der Waals surface area contributed by atoms with E-state index in [2.05, 4.69) is 21.3 Å². The van der Waals surface area contributed by atoms with Crippen molar-refractivity contribution in [3.63, 3.8) is 0 Å². The molecular weight excluding hydrogens is 1280 g/mol. The number of piperidine rings is 1. The number of hydrogen-bond donors (Lipinski definition) is 6. The van der Waals surface area contributed by atoms with E-state index in [1.54, 1.807) is 18.9 Å². The lowest BCUT2D eigenvalue weighted by atomic mass is 9.82. The summed E-state index contributed by atoms with van der Waals surface area (Å²) >= 11 is 0. The van der Waals surface area contributed by atoms with Gasteiger partial charge in [0.15, 0.2) is 0 Å². The van der Waals surface area contributed by atoms with E-state index in [0.717, 1.165) is 48.3 Å². The third kappa shape index (κ3) is 24.9. The molecule has 0 radical (unpaired) electrons. The second kappa shape index (κ2) is 40.4. The van der Waals surface area contributed by atoms with Crippen LogP contribution in [0.1, 0.15) is 218 Å². The van der Waals surface area contributed by atoms with Gasteiger partial charge < -0.3 is 70.7 Å². The van der Waals surface area contributed by atoms with Crippen LogP contribution in [0, 0.1) is 41.4 Å². The quantitative estimate of drug-likeness (QED) is 0.115. The first-order valence-corrected chi connectivity index (χ1v) is 37.5. The van der Waals surface area contributed by atoms with Gasteiger partial charge in [-0.1, -0.05) is 108 Å². The SMILES string of the molecule is CC[C@H]1C(=O)N[C@@H](CC(C)C)C(=O)N(C)[C@@H](CC(C)C)C(=O)N(C)[C@@H](CC2CCCCC2)C(=O)N[C@@H](CC2CCC(O)CC2)C(=O)N(C)[C@@H](CC(C)C)C(=O)N(C)[C@@H](CC(C)C)C(=O)N[C@@H]([C@@H](C)O)C(=O)N(C)CC(=O)N(C)[C@@H](CC(C)C)C(=O)N[C@H](C(=O)N2CCCCC2)CC(=O)N1C. The number of carbonyl (C=O) groups excluding carboxylic acids is 12. The monoisotopic (exact) mass is 1410 g/mol. The van der Waals surface area contributed by atoms with E-state index in [9.17, 15) is 43.8 Å². The zero-order valence-corrected chi connectivity index (χ0v) is 64.3. The second-order valence-electron chi connectivity index (χ2n) is 31.8. The molecule has 2 heterocycles. The number of nitrogens with zero attached hydrogens (tertiary/aromatic N) is 8. The summed E-state index contributed by atoms with van der Waals surface area (Å²) in [5.41, 5.74) is 0. The van der Waals surface area contributed by atoms with Crippen LogP contribution in [0.15, 0.2) is 0 Å². The number of likely N-dealkylation sites (tertiary alicyclic amines) is 1. The molecule has 6 N–H and O–H groups in total. The molecule has 4 fully saturated rings. The van der Waals surface area contributed by atoms with Gasteiger partial charge >= 0.3 is 0 Å². The largest absolute Gasteiger partial charge is 0.393 e. The van der Waals surface area contributed by atoms with Crippen LogP contribution in [0.2, 0.25) is 0 Å². The van der Waals surface area contributed by atoms with E-state index in [1.807, 2.05) is 69.2 Å². The molecule has 2 aliphatic carbocycles. The number of aliphatic hydroxyl groups is 2. The molecule has 0 bridgehead atoms. The average molecular weight is 1410 g/mol. The van der Waals surface area contributed by atoms with E-state index < -0.39 is 156 Å². The Kier molecular flexibility index (Phi) is 34.7. The number of nitrogens with one attached hydrogen (secondary N) is 4. The van der Waals surface area contributed by atoms with Gasteiger partial charge in [0.2, 0.25) is 70.9 Å². The number of aliphatic hydroxyl groups excluding tert-OH is 2. The summed E-state index contributed by atoms with van der Waals surface area (Å²) in [6, 6.07) is -12.7. The Morgan fingerprint density at radius 2 is 0.820 bits per heavy atom. The van der Waals surface area contributed by atoms with Crippen LogP contribution in [-0.2, 0) is 57.5 Å². The van der Waals surface area contributed by atoms with Crippen LogP contribution in [0.3, 0.4) is 0 Å². The van der Waals surface area contributed by atoms with Crippen molar-refractivity contribution in [3.8, 4) is 0 Å². The van der Waals surface area contributed by atoms with Crippen molar-refractivity contribution in [1.29, 1.82) is 0 Å². The maximum Gasteiger partial charge on any atom is 0.248 e. The molecule has 570 valence electrons. The van der Waals surface area contributed by atoms with Crippen LogP contribution >= 0.6 is 0 Å². The van der Waals surface area contributed by atoms with E-state index in [-0.39, 0.29) is 92.8 Å². The van der Waals surface area contributed by atoms with Gasteiger partial charge in [-0.3, -0.25) is 57.5 Å². The van der Waals surface area contributed by atoms with Crippen molar-refractivity contribution in [3.05, 3.63) is 0 Å². The smallest absolute Gasteiger partial charge is 0.248 e. The minimum Gasteiger partial charge on any atom is -0.393 e. The van der Waals surface area contributed by atoms with Gasteiger partial charge in [-0.25, -0.2) is 0 Å². The Balaban J connectivity index is 1.97. The third-order valence-corrected chi connectivity index (χ3v) is 21.0. The highest BCUT2D eigenvalue weighted by Crippen LogP contribution is 2.32. The van der Waals surface area contributed by atoms with Crippen molar-refractivity contribution in [2.75, 3.05) is 69.0 Å². The molecule has 26 heteroatoms. The molecule has 0 aromatic rings. The fraction of sp³-hybridized carbons (Fsp3) is 0.838. The van der Waals surface area contributed by atoms with Crippen LogP contribution in [-0.4, -0.2) is 262 Å². The Morgan fingerprint density at radius 3 is 1.31 bits per heavy atom. The molecule has 4 aliphatic rings. The Labute approximate surface area is 597 Å². The molecule has 0 unspecified atom stereocenters. The number of carbonyl (C=O) groups is 12. The van der Waals surface area contributed by atoms with Crippen molar-refractivity contribution < 1.29 is 67.7 Å². The standard InChI is InChI=1S/C74H130N12O14/c1-20-56-65(91)75-53(35-44(2)3)69(95)84(18)61(39-48(10)11)73(99)83(17)59(41-50-27-23-21-24-28-50)67(93)76-54(40-51-29-31-52(88)32-30-51)70(96)85(19)60(38-47(8)9)72(98)82(16)58(37-46(6)7)68(94)78-64(49(12)87)74(100)79(13)43-63(90)81(15)57(36-45(4)5)66(92)77-55(42-62(89)80(56)14)71(97)86-33-25-22-26-34-86/h44-61,64,87-88H,20-43H2,1-19H3,(H,75,91)(H,76,93)(H,77,92)(H,78,94)/t49-,51?,52?,53+,54+,55+,56+,57+,58+,59+,60+,61+,64+/m1/s1. The zero-order valence-electron chi connectivity index (χ0n) is 64.3. The van der Waals surface area contributed by atoms with Crippen LogP contribution in [0.25, 0.3) is 0 Å². The molecule has 26 nitrogen and oxygen atoms in total. The molecule has 0 aromatic heterocycles. The van der Waals surface area contributed by atoms with E-state index in [4.69, 9.17) is 0 Å². The predicted octanol–water partition coefficient (Wildman–Crippen LogP) is 4.70. The van der Waals surface area contributed by atoms with Gasteiger partial charge in [-0.15, -0.1) is 0 Å². The highest BCUT2D eigenvalue weighted by Gasteiger charge is 2.45. The van der Waals surface area contributed by atoms with E-state index in [0.29, 0.717) is 51.6 Å². The minimum atomic E-state index is -1.65. The van der Waals surface area contributed by atoms with Gasteiger partial charge in [-0.2, -0.15) is 0 Å². The molecule has 2 saturated heterocycles. The predicted molar refractivity (Wildman–Crippen MR) is 383 cm³/mol. The average Bonchev–Trinajstić information content (AvgIpc) is 0.817. The van der Waals surface area contributed by atoms with E-state index >= 15 is 24.0 Å². The summed E-state index contributed by atoms with van der Waals surface area (Å²) < 4.78 is 0. The lowest BCUT2D eigenvalue weighted by molar-refractivity contribution is -0.152. The summed E-state index contributed by atoms with van der Waals surface area (Å²) in [4.78, 5) is 191. The zero-order chi connectivity index (χ0) is 75.3.